The van der Waals surface area contributed by atoms with Crippen molar-refractivity contribution in [1.29, 1.82) is 0 Å². The Labute approximate surface area is 175 Å². The molecule has 2 aromatic rings. The molecule has 0 saturated carbocycles. The summed E-state index contributed by atoms with van der Waals surface area (Å²) in [5.74, 6) is -0.254. The van der Waals surface area contributed by atoms with Gasteiger partial charge in [0.2, 0.25) is 5.91 Å². The Kier molecular flexibility index (Phi) is 7.59. The normalized spacial score (nSPS) is 15.8. The van der Waals surface area contributed by atoms with Crippen LogP contribution in [0.2, 0.25) is 0 Å². The molecule has 3 rings (SSSR count). The van der Waals surface area contributed by atoms with E-state index in [9.17, 15) is 14.0 Å². The van der Waals surface area contributed by atoms with Crippen molar-refractivity contribution in [3.63, 3.8) is 0 Å². The molecule has 1 atom stereocenters. The van der Waals surface area contributed by atoms with E-state index < -0.39 is 5.54 Å². The molecule has 1 aliphatic heterocycles. The van der Waals surface area contributed by atoms with E-state index in [1.54, 1.807) is 16.7 Å². The highest BCUT2D eigenvalue weighted by molar-refractivity contribution is 5.87. The van der Waals surface area contributed by atoms with Crippen LogP contribution in [0, 0.1) is 5.82 Å². The van der Waals surface area contributed by atoms with E-state index in [4.69, 9.17) is 10.5 Å². The molecule has 0 aliphatic carbocycles. The molecule has 1 aliphatic rings. The Balaban J connectivity index is 0.00000300. The summed E-state index contributed by atoms with van der Waals surface area (Å²) >= 11 is 0. The largest absolute Gasteiger partial charge is 0.484 e. The lowest BCUT2D eigenvalue weighted by Gasteiger charge is -2.38. The number of nitrogens with two attached hydrogens (primary N) is 1. The quantitative estimate of drug-likeness (QED) is 0.802. The zero-order valence-corrected chi connectivity index (χ0v) is 17.0. The highest BCUT2D eigenvalue weighted by atomic mass is 35.5. The van der Waals surface area contributed by atoms with Gasteiger partial charge in [-0.15, -0.1) is 12.4 Å². The molecule has 1 fully saturated rings. The van der Waals surface area contributed by atoms with E-state index >= 15 is 0 Å². The predicted octanol–water partition coefficient (Wildman–Crippen LogP) is 2.17. The van der Waals surface area contributed by atoms with Gasteiger partial charge in [0.25, 0.3) is 5.91 Å². The number of benzene rings is 2. The second-order valence-corrected chi connectivity index (χ2v) is 6.98. The lowest BCUT2D eigenvalue weighted by molar-refractivity contribution is -0.143. The van der Waals surface area contributed by atoms with Gasteiger partial charge in [-0.25, -0.2) is 4.39 Å². The third-order valence-electron chi connectivity index (χ3n) is 4.91. The summed E-state index contributed by atoms with van der Waals surface area (Å²) in [4.78, 5) is 28.6. The summed E-state index contributed by atoms with van der Waals surface area (Å²) < 4.78 is 18.3. The third-order valence-corrected chi connectivity index (χ3v) is 4.91. The topological polar surface area (TPSA) is 75.9 Å². The van der Waals surface area contributed by atoms with Crippen LogP contribution in [0.15, 0.2) is 54.6 Å². The number of piperazine rings is 1. The van der Waals surface area contributed by atoms with Crippen molar-refractivity contribution in [3.8, 4) is 5.75 Å². The molecule has 1 unspecified atom stereocenters. The molecule has 2 amide bonds. The van der Waals surface area contributed by atoms with Gasteiger partial charge in [-0.3, -0.25) is 9.59 Å². The number of hydrogen-bond donors (Lipinski definition) is 1. The Hall–Kier alpha value is -2.64. The van der Waals surface area contributed by atoms with E-state index in [1.165, 1.54) is 24.3 Å². The molecule has 156 valence electrons. The number of halogens is 2. The second kappa shape index (κ2) is 9.71. The fourth-order valence-corrected chi connectivity index (χ4v) is 3.16. The number of nitrogens with zero attached hydrogens (tertiary/aromatic N) is 2. The fourth-order valence-electron chi connectivity index (χ4n) is 3.16. The SMILES string of the molecule is CC(N)(C(=O)N1CCN(C(=O)COc2ccc(F)cc2)CC1)c1ccccc1.Cl. The van der Waals surface area contributed by atoms with Crippen LogP contribution in [0.3, 0.4) is 0 Å². The van der Waals surface area contributed by atoms with Crippen LogP contribution < -0.4 is 10.5 Å². The molecule has 1 heterocycles. The van der Waals surface area contributed by atoms with Gasteiger partial charge in [-0.05, 0) is 36.8 Å². The summed E-state index contributed by atoms with van der Waals surface area (Å²) in [6.07, 6.45) is 0. The number of carbonyl (C=O) groups excluding carboxylic acids is 2. The van der Waals surface area contributed by atoms with Crippen LogP contribution in [-0.2, 0) is 15.1 Å². The maximum absolute atomic E-state index is 12.9. The van der Waals surface area contributed by atoms with Gasteiger partial charge >= 0.3 is 0 Å². The van der Waals surface area contributed by atoms with Gasteiger partial charge in [0.1, 0.15) is 17.1 Å². The summed E-state index contributed by atoms with van der Waals surface area (Å²) in [5.41, 5.74) is 5.95. The lowest BCUT2D eigenvalue weighted by Crippen LogP contribution is -2.57. The van der Waals surface area contributed by atoms with Crippen LogP contribution in [0.25, 0.3) is 0 Å². The van der Waals surface area contributed by atoms with Crippen LogP contribution >= 0.6 is 12.4 Å². The minimum Gasteiger partial charge on any atom is -0.484 e. The van der Waals surface area contributed by atoms with Crippen molar-refractivity contribution in [1.82, 2.24) is 9.80 Å². The summed E-state index contributed by atoms with van der Waals surface area (Å²) in [5, 5.41) is 0. The van der Waals surface area contributed by atoms with Gasteiger partial charge in [0.05, 0.1) is 0 Å². The second-order valence-electron chi connectivity index (χ2n) is 6.98. The molecular formula is C21H25ClFN3O3. The van der Waals surface area contributed by atoms with Gasteiger partial charge in [0, 0.05) is 26.2 Å². The third kappa shape index (κ3) is 5.46. The van der Waals surface area contributed by atoms with Crippen LogP contribution in [-0.4, -0.2) is 54.4 Å². The van der Waals surface area contributed by atoms with Crippen LogP contribution in [0.1, 0.15) is 12.5 Å². The van der Waals surface area contributed by atoms with E-state index in [0.717, 1.165) is 5.56 Å². The van der Waals surface area contributed by atoms with E-state index in [0.29, 0.717) is 31.9 Å². The van der Waals surface area contributed by atoms with Crippen LogP contribution in [0.4, 0.5) is 4.39 Å². The Morgan fingerprint density at radius 2 is 1.55 bits per heavy atom. The smallest absolute Gasteiger partial charge is 0.260 e. The van der Waals surface area contributed by atoms with Crippen LogP contribution in [0.5, 0.6) is 5.75 Å². The summed E-state index contributed by atoms with van der Waals surface area (Å²) in [6, 6.07) is 14.8. The number of amides is 2. The average molecular weight is 422 g/mol. The zero-order valence-electron chi connectivity index (χ0n) is 16.2. The molecule has 0 aromatic heterocycles. The van der Waals surface area contributed by atoms with Gasteiger partial charge in [-0.1, -0.05) is 30.3 Å². The number of hydrogen-bond acceptors (Lipinski definition) is 4. The minimum atomic E-state index is -1.11. The Morgan fingerprint density at radius 1 is 1.00 bits per heavy atom. The minimum absolute atomic E-state index is 0. The first-order valence-corrected chi connectivity index (χ1v) is 9.18. The first-order chi connectivity index (χ1) is 13.4. The number of ether oxygens (including phenoxy) is 1. The highest BCUT2D eigenvalue weighted by Crippen LogP contribution is 2.21. The lowest BCUT2D eigenvalue weighted by atomic mass is 9.91. The van der Waals surface area contributed by atoms with Crippen molar-refractivity contribution in [2.45, 2.75) is 12.5 Å². The van der Waals surface area contributed by atoms with Crippen molar-refractivity contribution in [2.75, 3.05) is 32.8 Å². The number of carbonyl (C=O) groups is 2. The Morgan fingerprint density at radius 3 is 2.14 bits per heavy atom. The van der Waals surface area contributed by atoms with E-state index in [-0.39, 0.29) is 36.6 Å². The monoisotopic (exact) mass is 421 g/mol. The van der Waals surface area contributed by atoms with Crippen molar-refractivity contribution in [2.24, 2.45) is 5.73 Å². The first-order valence-electron chi connectivity index (χ1n) is 9.18. The molecule has 29 heavy (non-hydrogen) atoms. The van der Waals surface area contributed by atoms with Crippen molar-refractivity contribution < 1.29 is 18.7 Å². The highest BCUT2D eigenvalue weighted by Gasteiger charge is 2.36. The van der Waals surface area contributed by atoms with Crippen molar-refractivity contribution in [3.05, 3.63) is 66.0 Å². The maximum atomic E-state index is 12.9. The molecule has 0 bridgehead atoms. The fraction of sp³-hybridized carbons (Fsp3) is 0.333. The molecule has 8 heteroatoms. The average Bonchev–Trinajstić information content (AvgIpc) is 2.73. The standard InChI is InChI=1S/C21H24FN3O3.ClH/c1-21(23,16-5-3-2-4-6-16)20(27)25-13-11-24(12-14-25)19(26)15-28-18-9-7-17(22)8-10-18;/h2-10H,11-15,23H2,1H3;1H. The summed E-state index contributed by atoms with van der Waals surface area (Å²) in [7, 11) is 0. The molecular weight excluding hydrogens is 397 g/mol. The van der Waals surface area contributed by atoms with Gasteiger partial charge in [-0.2, -0.15) is 0 Å². The zero-order chi connectivity index (χ0) is 20.1. The van der Waals surface area contributed by atoms with E-state index in [1.807, 2.05) is 30.3 Å². The van der Waals surface area contributed by atoms with Gasteiger partial charge < -0.3 is 20.3 Å². The molecule has 0 radical (unpaired) electrons. The van der Waals surface area contributed by atoms with Gasteiger partial charge in [0.15, 0.2) is 6.61 Å². The predicted molar refractivity (Wildman–Crippen MR) is 110 cm³/mol. The van der Waals surface area contributed by atoms with E-state index in [2.05, 4.69) is 0 Å². The molecule has 2 aromatic carbocycles. The summed E-state index contributed by atoms with van der Waals surface area (Å²) in [6.45, 7) is 3.25. The Bertz CT molecular complexity index is 823. The number of rotatable bonds is 5. The molecule has 6 nitrogen and oxygen atoms in total. The van der Waals surface area contributed by atoms with Crippen molar-refractivity contribution >= 4 is 24.2 Å². The maximum Gasteiger partial charge on any atom is 0.260 e. The molecule has 2 N–H and O–H groups in total. The first kappa shape index (κ1) is 22.6. The molecule has 0 spiro atoms. The molecule has 1 saturated heterocycles.